The Morgan fingerprint density at radius 1 is 1.64 bits per heavy atom. The summed E-state index contributed by atoms with van der Waals surface area (Å²) in [6.07, 6.45) is 4.02. The van der Waals surface area contributed by atoms with Crippen molar-refractivity contribution in [3.05, 3.63) is 28.5 Å². The summed E-state index contributed by atoms with van der Waals surface area (Å²) in [5, 5.41) is 2.03. The number of ether oxygens (including phenoxy) is 1. The lowest BCUT2D eigenvalue weighted by Crippen LogP contribution is -1.97. The highest BCUT2D eigenvalue weighted by molar-refractivity contribution is 7.11. The van der Waals surface area contributed by atoms with E-state index in [9.17, 15) is 4.79 Å². The number of hydrogen-bond acceptors (Lipinski definition) is 3. The molecule has 2 nitrogen and oxygen atoms in total. The van der Waals surface area contributed by atoms with Crippen LogP contribution in [0.25, 0.3) is 5.57 Å². The van der Waals surface area contributed by atoms with Crippen molar-refractivity contribution in [2.75, 3.05) is 7.11 Å². The van der Waals surface area contributed by atoms with E-state index in [1.165, 1.54) is 24.8 Å². The molecule has 0 spiro atoms. The van der Waals surface area contributed by atoms with Gasteiger partial charge < -0.3 is 4.74 Å². The van der Waals surface area contributed by atoms with Crippen molar-refractivity contribution in [1.29, 1.82) is 0 Å². The average Bonchev–Trinajstić information content (AvgIpc) is 2.89. The van der Waals surface area contributed by atoms with Gasteiger partial charge in [0.05, 0.1) is 7.11 Å². The van der Waals surface area contributed by atoms with Gasteiger partial charge in [0, 0.05) is 11.0 Å². The second-order valence-corrected chi connectivity index (χ2v) is 4.32. The number of thiophene rings is 1. The fraction of sp³-hybridized carbons (Fsp3) is 0.364. The minimum atomic E-state index is -0.250. The van der Waals surface area contributed by atoms with Gasteiger partial charge in [-0.2, -0.15) is 0 Å². The Hall–Kier alpha value is -1.09. The molecule has 0 bridgehead atoms. The molecule has 2 rings (SSSR count). The summed E-state index contributed by atoms with van der Waals surface area (Å²) in [7, 11) is 1.41. The van der Waals surface area contributed by atoms with Gasteiger partial charge in [-0.15, -0.1) is 11.3 Å². The predicted molar refractivity (Wildman–Crippen MR) is 57.0 cm³/mol. The van der Waals surface area contributed by atoms with Crippen LogP contribution in [0.15, 0.2) is 23.6 Å². The number of carbonyl (C=O) groups excluding carboxylic acids is 1. The van der Waals surface area contributed by atoms with Crippen LogP contribution >= 0.6 is 11.3 Å². The molecule has 0 saturated heterocycles. The van der Waals surface area contributed by atoms with Gasteiger partial charge in [0.2, 0.25) is 0 Å². The lowest BCUT2D eigenvalue weighted by molar-refractivity contribution is -0.134. The van der Waals surface area contributed by atoms with Crippen LogP contribution in [-0.2, 0) is 9.53 Å². The molecular weight excluding hydrogens is 196 g/mol. The van der Waals surface area contributed by atoms with Crippen LogP contribution in [0.3, 0.4) is 0 Å². The number of methoxy groups -OCH3 is 1. The van der Waals surface area contributed by atoms with E-state index in [1.807, 2.05) is 11.4 Å². The van der Waals surface area contributed by atoms with Gasteiger partial charge in [-0.3, -0.25) is 0 Å². The SMILES string of the molecule is COC(=O)/C=C(\c1cccs1)C1CC1. The van der Waals surface area contributed by atoms with Crippen LogP contribution in [0.5, 0.6) is 0 Å². The summed E-state index contributed by atoms with van der Waals surface area (Å²) in [6, 6.07) is 4.06. The van der Waals surface area contributed by atoms with Crippen LogP contribution in [-0.4, -0.2) is 13.1 Å². The number of hydrogen-bond donors (Lipinski definition) is 0. The van der Waals surface area contributed by atoms with Crippen molar-refractivity contribution in [2.24, 2.45) is 5.92 Å². The van der Waals surface area contributed by atoms with Crippen molar-refractivity contribution < 1.29 is 9.53 Å². The molecule has 0 unspecified atom stereocenters. The van der Waals surface area contributed by atoms with Crippen LogP contribution in [0.1, 0.15) is 17.7 Å². The number of carbonyl (C=O) groups is 1. The fourth-order valence-corrected chi connectivity index (χ4v) is 2.24. The van der Waals surface area contributed by atoms with Crippen molar-refractivity contribution >= 4 is 22.9 Å². The molecule has 1 aliphatic rings. The first kappa shape index (κ1) is 9.46. The lowest BCUT2D eigenvalue weighted by atomic mass is 10.1. The van der Waals surface area contributed by atoms with Crippen LogP contribution in [0.4, 0.5) is 0 Å². The zero-order valence-corrected chi connectivity index (χ0v) is 8.84. The molecule has 0 N–H and O–H groups in total. The maximum atomic E-state index is 11.2. The van der Waals surface area contributed by atoms with Crippen molar-refractivity contribution in [2.45, 2.75) is 12.8 Å². The highest BCUT2D eigenvalue weighted by atomic mass is 32.1. The van der Waals surface area contributed by atoms with E-state index in [2.05, 4.69) is 10.8 Å². The van der Waals surface area contributed by atoms with Gasteiger partial charge in [-0.25, -0.2) is 4.79 Å². The van der Waals surface area contributed by atoms with Gasteiger partial charge >= 0.3 is 5.97 Å². The highest BCUT2D eigenvalue weighted by Crippen LogP contribution is 2.43. The summed E-state index contributed by atoms with van der Waals surface area (Å²) in [5.74, 6) is 0.327. The molecular formula is C11H12O2S. The molecule has 1 saturated carbocycles. The Morgan fingerprint density at radius 2 is 2.43 bits per heavy atom. The average molecular weight is 208 g/mol. The lowest BCUT2D eigenvalue weighted by Gasteiger charge is -2.01. The summed E-state index contributed by atoms with van der Waals surface area (Å²) in [6.45, 7) is 0. The van der Waals surface area contributed by atoms with E-state index in [1.54, 1.807) is 17.4 Å². The number of rotatable bonds is 3. The molecule has 0 radical (unpaired) electrons. The van der Waals surface area contributed by atoms with Crippen LogP contribution in [0.2, 0.25) is 0 Å². The summed E-state index contributed by atoms with van der Waals surface area (Å²) in [4.78, 5) is 12.3. The molecule has 0 atom stereocenters. The maximum Gasteiger partial charge on any atom is 0.330 e. The van der Waals surface area contributed by atoms with Crippen molar-refractivity contribution in [3.8, 4) is 0 Å². The van der Waals surface area contributed by atoms with Gasteiger partial charge in [-0.1, -0.05) is 6.07 Å². The van der Waals surface area contributed by atoms with Gasteiger partial charge in [0.1, 0.15) is 0 Å². The third kappa shape index (κ3) is 2.04. The molecule has 74 valence electrons. The second-order valence-electron chi connectivity index (χ2n) is 3.37. The Labute approximate surface area is 87.2 Å². The van der Waals surface area contributed by atoms with Gasteiger partial charge in [0.15, 0.2) is 0 Å². The van der Waals surface area contributed by atoms with Crippen LogP contribution in [0, 0.1) is 5.92 Å². The Balaban J connectivity index is 2.24. The normalized spacial score (nSPS) is 16.8. The van der Waals surface area contributed by atoms with Gasteiger partial charge in [0.25, 0.3) is 0 Å². The molecule has 1 aromatic rings. The third-order valence-corrected chi connectivity index (χ3v) is 3.22. The smallest absolute Gasteiger partial charge is 0.330 e. The second kappa shape index (κ2) is 3.96. The Morgan fingerprint density at radius 3 is 2.93 bits per heavy atom. The van der Waals surface area contributed by atoms with E-state index in [0.29, 0.717) is 5.92 Å². The van der Waals surface area contributed by atoms with Crippen molar-refractivity contribution in [3.63, 3.8) is 0 Å². The quantitative estimate of drug-likeness (QED) is 0.564. The first-order valence-corrected chi connectivity index (χ1v) is 5.52. The predicted octanol–water partition coefficient (Wildman–Crippen LogP) is 2.71. The zero-order chi connectivity index (χ0) is 9.97. The summed E-state index contributed by atoms with van der Waals surface area (Å²) >= 11 is 1.68. The maximum absolute atomic E-state index is 11.2. The summed E-state index contributed by atoms with van der Waals surface area (Å²) in [5.41, 5.74) is 1.15. The minimum Gasteiger partial charge on any atom is -0.466 e. The number of allylic oxidation sites excluding steroid dienone is 1. The van der Waals surface area contributed by atoms with Gasteiger partial charge in [-0.05, 0) is 35.8 Å². The molecule has 1 fully saturated rings. The van der Waals surface area contributed by atoms with E-state index in [0.717, 1.165) is 5.57 Å². The highest BCUT2D eigenvalue weighted by Gasteiger charge is 2.28. The molecule has 0 aliphatic heterocycles. The minimum absolute atomic E-state index is 0.250. The van der Waals surface area contributed by atoms with E-state index >= 15 is 0 Å². The Kier molecular flexibility index (Phi) is 2.68. The molecule has 0 aromatic carbocycles. The standard InChI is InChI=1S/C11H12O2S/c1-13-11(12)7-9(8-4-5-8)10-3-2-6-14-10/h2-3,6-8H,4-5H2,1H3/b9-7-. The van der Waals surface area contributed by atoms with E-state index < -0.39 is 0 Å². The first-order chi connectivity index (χ1) is 6.81. The molecule has 14 heavy (non-hydrogen) atoms. The monoisotopic (exact) mass is 208 g/mol. The Bertz CT molecular complexity index is 347. The molecule has 1 heterocycles. The number of esters is 1. The third-order valence-electron chi connectivity index (χ3n) is 2.30. The molecule has 1 aromatic heterocycles. The molecule has 1 aliphatic carbocycles. The van der Waals surface area contributed by atoms with E-state index in [4.69, 9.17) is 0 Å². The fourth-order valence-electron chi connectivity index (χ4n) is 1.41. The zero-order valence-electron chi connectivity index (χ0n) is 8.03. The van der Waals surface area contributed by atoms with Crippen molar-refractivity contribution in [1.82, 2.24) is 0 Å². The topological polar surface area (TPSA) is 26.3 Å². The van der Waals surface area contributed by atoms with E-state index in [-0.39, 0.29) is 5.97 Å². The molecule has 3 heteroatoms. The summed E-state index contributed by atoms with van der Waals surface area (Å²) < 4.78 is 4.65. The largest absolute Gasteiger partial charge is 0.466 e. The molecule has 0 amide bonds. The first-order valence-electron chi connectivity index (χ1n) is 4.64. The van der Waals surface area contributed by atoms with Crippen LogP contribution < -0.4 is 0 Å².